The molecule has 2 aromatic carbocycles. The Morgan fingerprint density at radius 2 is 1.96 bits per heavy atom. The van der Waals surface area contributed by atoms with Crippen molar-refractivity contribution in [1.29, 1.82) is 0 Å². The molecule has 3 aromatic rings. The molecule has 118 valence electrons. The Labute approximate surface area is 133 Å². The second kappa shape index (κ2) is 6.39. The summed E-state index contributed by atoms with van der Waals surface area (Å²) < 4.78 is 10.4. The first-order chi connectivity index (χ1) is 11.2. The number of carbonyl (C=O) groups excluding carboxylic acids is 1. The van der Waals surface area contributed by atoms with Crippen molar-refractivity contribution in [1.82, 2.24) is 15.3 Å². The Hall–Kier alpha value is -3.02. The van der Waals surface area contributed by atoms with Gasteiger partial charge in [-0.25, -0.2) is 4.98 Å². The fourth-order valence-electron chi connectivity index (χ4n) is 2.35. The van der Waals surface area contributed by atoms with Gasteiger partial charge in [0.25, 0.3) is 5.91 Å². The molecule has 2 N–H and O–H groups in total. The zero-order valence-corrected chi connectivity index (χ0v) is 12.9. The van der Waals surface area contributed by atoms with Crippen molar-refractivity contribution in [2.45, 2.75) is 6.54 Å². The van der Waals surface area contributed by atoms with Gasteiger partial charge in [0, 0.05) is 12.1 Å². The molecule has 1 aromatic heterocycles. The molecule has 0 aliphatic rings. The maximum absolute atomic E-state index is 12.3. The number of hydrogen-bond donors (Lipinski definition) is 2. The second-order valence-corrected chi connectivity index (χ2v) is 5.01. The van der Waals surface area contributed by atoms with Crippen LogP contribution in [0.25, 0.3) is 11.0 Å². The van der Waals surface area contributed by atoms with Crippen molar-refractivity contribution < 1.29 is 14.3 Å². The SMILES string of the molecule is COc1ccc(C(=O)NCc2ccc3nc[nH]c3c2)cc1OC. The number of ether oxygens (including phenoxy) is 2. The number of hydrogen-bond acceptors (Lipinski definition) is 4. The normalized spacial score (nSPS) is 10.5. The minimum atomic E-state index is -0.171. The van der Waals surface area contributed by atoms with Crippen LogP contribution in [0.15, 0.2) is 42.7 Å². The molecule has 0 atom stereocenters. The predicted molar refractivity (Wildman–Crippen MR) is 86.8 cm³/mol. The van der Waals surface area contributed by atoms with Crippen molar-refractivity contribution in [3.8, 4) is 11.5 Å². The molecule has 0 bridgehead atoms. The van der Waals surface area contributed by atoms with Crippen LogP contribution in [0.3, 0.4) is 0 Å². The number of methoxy groups -OCH3 is 2. The van der Waals surface area contributed by atoms with E-state index in [1.54, 1.807) is 38.7 Å². The van der Waals surface area contributed by atoms with Crippen molar-refractivity contribution in [2.75, 3.05) is 14.2 Å². The Kier molecular flexibility index (Phi) is 4.14. The summed E-state index contributed by atoms with van der Waals surface area (Å²) >= 11 is 0. The standard InChI is InChI=1S/C17H17N3O3/c1-22-15-6-4-12(8-16(15)23-2)17(21)18-9-11-3-5-13-14(7-11)20-10-19-13/h3-8,10H,9H2,1-2H3,(H,18,21)(H,19,20). The van der Waals surface area contributed by atoms with Crippen LogP contribution in [0.5, 0.6) is 11.5 Å². The van der Waals surface area contributed by atoms with E-state index in [9.17, 15) is 4.79 Å². The van der Waals surface area contributed by atoms with Crippen LogP contribution in [-0.4, -0.2) is 30.1 Å². The molecule has 0 aliphatic heterocycles. The van der Waals surface area contributed by atoms with E-state index in [1.165, 1.54) is 0 Å². The Balaban J connectivity index is 1.71. The van der Waals surface area contributed by atoms with E-state index in [0.29, 0.717) is 23.6 Å². The Bertz CT molecular complexity index is 842. The Morgan fingerprint density at radius 3 is 2.74 bits per heavy atom. The van der Waals surface area contributed by atoms with Crippen molar-refractivity contribution in [3.05, 3.63) is 53.9 Å². The van der Waals surface area contributed by atoms with Crippen LogP contribution in [0.1, 0.15) is 15.9 Å². The first-order valence-corrected chi connectivity index (χ1v) is 7.13. The third-order valence-corrected chi connectivity index (χ3v) is 3.58. The number of imidazole rings is 1. The molecule has 0 saturated carbocycles. The summed E-state index contributed by atoms with van der Waals surface area (Å²) in [5, 5.41) is 2.89. The van der Waals surface area contributed by atoms with Crippen molar-refractivity contribution >= 4 is 16.9 Å². The van der Waals surface area contributed by atoms with E-state index in [-0.39, 0.29) is 5.91 Å². The van der Waals surface area contributed by atoms with Gasteiger partial charge in [0.05, 0.1) is 31.6 Å². The fourth-order valence-corrected chi connectivity index (χ4v) is 2.35. The molecule has 0 aliphatic carbocycles. The molecule has 3 rings (SSSR count). The lowest BCUT2D eigenvalue weighted by molar-refractivity contribution is 0.0950. The van der Waals surface area contributed by atoms with Gasteiger partial charge in [-0.15, -0.1) is 0 Å². The number of H-pyrrole nitrogens is 1. The van der Waals surface area contributed by atoms with Crippen LogP contribution in [0.4, 0.5) is 0 Å². The summed E-state index contributed by atoms with van der Waals surface area (Å²) in [6.45, 7) is 0.433. The molecule has 0 saturated heterocycles. The van der Waals surface area contributed by atoms with Gasteiger partial charge in [-0.1, -0.05) is 6.07 Å². The summed E-state index contributed by atoms with van der Waals surface area (Å²) in [4.78, 5) is 19.5. The average Bonchev–Trinajstić information content (AvgIpc) is 3.06. The maximum Gasteiger partial charge on any atom is 0.251 e. The van der Waals surface area contributed by atoms with E-state index >= 15 is 0 Å². The van der Waals surface area contributed by atoms with Crippen molar-refractivity contribution in [2.24, 2.45) is 0 Å². The summed E-state index contributed by atoms with van der Waals surface area (Å²) in [7, 11) is 3.10. The van der Waals surface area contributed by atoms with Gasteiger partial charge >= 0.3 is 0 Å². The zero-order chi connectivity index (χ0) is 16.2. The molecule has 0 unspecified atom stereocenters. The number of carbonyl (C=O) groups is 1. The molecule has 0 radical (unpaired) electrons. The smallest absolute Gasteiger partial charge is 0.251 e. The van der Waals surface area contributed by atoms with E-state index in [0.717, 1.165) is 16.6 Å². The van der Waals surface area contributed by atoms with Crippen molar-refractivity contribution in [3.63, 3.8) is 0 Å². The topological polar surface area (TPSA) is 76.2 Å². The van der Waals surface area contributed by atoms with Gasteiger partial charge in [0.15, 0.2) is 11.5 Å². The molecular weight excluding hydrogens is 294 g/mol. The highest BCUT2D eigenvalue weighted by Gasteiger charge is 2.10. The van der Waals surface area contributed by atoms with Gasteiger partial charge < -0.3 is 19.8 Å². The van der Waals surface area contributed by atoms with Crippen LogP contribution >= 0.6 is 0 Å². The summed E-state index contributed by atoms with van der Waals surface area (Å²) in [6.07, 6.45) is 1.65. The van der Waals surface area contributed by atoms with E-state index in [2.05, 4.69) is 15.3 Å². The molecule has 1 heterocycles. The molecule has 23 heavy (non-hydrogen) atoms. The number of fused-ring (bicyclic) bond motifs is 1. The zero-order valence-electron chi connectivity index (χ0n) is 12.9. The lowest BCUT2D eigenvalue weighted by Crippen LogP contribution is -2.22. The first-order valence-electron chi connectivity index (χ1n) is 7.13. The number of nitrogens with zero attached hydrogens (tertiary/aromatic N) is 1. The Morgan fingerprint density at radius 1 is 1.13 bits per heavy atom. The molecular formula is C17H17N3O3. The average molecular weight is 311 g/mol. The third kappa shape index (κ3) is 3.11. The number of aromatic nitrogens is 2. The van der Waals surface area contributed by atoms with Gasteiger partial charge in [-0.2, -0.15) is 0 Å². The van der Waals surface area contributed by atoms with Gasteiger partial charge in [-0.05, 0) is 35.9 Å². The van der Waals surface area contributed by atoms with Crippen LogP contribution < -0.4 is 14.8 Å². The van der Waals surface area contributed by atoms with E-state index in [4.69, 9.17) is 9.47 Å². The maximum atomic E-state index is 12.3. The lowest BCUT2D eigenvalue weighted by atomic mass is 10.1. The van der Waals surface area contributed by atoms with E-state index < -0.39 is 0 Å². The summed E-state index contributed by atoms with van der Waals surface area (Å²) in [5.74, 6) is 0.948. The molecule has 0 fully saturated rings. The van der Waals surface area contributed by atoms with Gasteiger partial charge in [0.1, 0.15) is 0 Å². The van der Waals surface area contributed by atoms with Gasteiger partial charge in [0.2, 0.25) is 0 Å². The largest absolute Gasteiger partial charge is 0.493 e. The quantitative estimate of drug-likeness (QED) is 0.759. The third-order valence-electron chi connectivity index (χ3n) is 3.58. The monoisotopic (exact) mass is 311 g/mol. The minimum absolute atomic E-state index is 0.171. The van der Waals surface area contributed by atoms with Crippen LogP contribution in [-0.2, 0) is 6.54 Å². The first kappa shape index (κ1) is 14.9. The van der Waals surface area contributed by atoms with Gasteiger partial charge in [-0.3, -0.25) is 4.79 Å². The molecule has 6 nitrogen and oxygen atoms in total. The lowest BCUT2D eigenvalue weighted by Gasteiger charge is -2.10. The second-order valence-electron chi connectivity index (χ2n) is 5.01. The number of aromatic amines is 1. The van der Waals surface area contributed by atoms with E-state index in [1.807, 2.05) is 18.2 Å². The fraction of sp³-hybridized carbons (Fsp3) is 0.176. The highest BCUT2D eigenvalue weighted by molar-refractivity contribution is 5.94. The minimum Gasteiger partial charge on any atom is -0.493 e. The highest BCUT2D eigenvalue weighted by Crippen LogP contribution is 2.27. The van der Waals surface area contributed by atoms with Crippen LogP contribution in [0, 0.1) is 0 Å². The number of amides is 1. The summed E-state index contributed by atoms with van der Waals surface area (Å²) in [6, 6.07) is 10.9. The predicted octanol–water partition coefficient (Wildman–Crippen LogP) is 2.51. The van der Waals surface area contributed by atoms with Crippen LogP contribution in [0.2, 0.25) is 0 Å². The number of nitrogens with one attached hydrogen (secondary N) is 2. The molecule has 0 spiro atoms. The molecule has 6 heteroatoms. The number of rotatable bonds is 5. The highest BCUT2D eigenvalue weighted by atomic mass is 16.5. The summed E-state index contributed by atoms with van der Waals surface area (Å²) in [5.41, 5.74) is 3.36. The molecule has 1 amide bonds. The number of benzene rings is 2.